The van der Waals surface area contributed by atoms with E-state index in [4.69, 9.17) is 4.74 Å². The number of aromatic nitrogens is 1. The van der Waals surface area contributed by atoms with Crippen molar-refractivity contribution in [1.82, 2.24) is 10.3 Å². The summed E-state index contributed by atoms with van der Waals surface area (Å²) in [6.07, 6.45) is 6.26. The average molecular weight is 258 g/mol. The summed E-state index contributed by atoms with van der Waals surface area (Å²) in [7, 11) is 3.77. The number of nitrogens with one attached hydrogen (secondary N) is 1. The first-order chi connectivity index (χ1) is 9.26. The summed E-state index contributed by atoms with van der Waals surface area (Å²) >= 11 is 0. The van der Waals surface area contributed by atoms with E-state index in [1.165, 1.54) is 16.3 Å². The Kier molecular flexibility index (Phi) is 4.88. The predicted molar refractivity (Wildman–Crippen MR) is 79.2 cm³/mol. The van der Waals surface area contributed by atoms with Gasteiger partial charge in [-0.2, -0.15) is 0 Å². The number of fused-ring (bicyclic) bond motifs is 1. The van der Waals surface area contributed by atoms with Crippen molar-refractivity contribution in [2.45, 2.75) is 31.9 Å². The van der Waals surface area contributed by atoms with Gasteiger partial charge in [0.05, 0.1) is 6.10 Å². The van der Waals surface area contributed by atoms with E-state index in [-0.39, 0.29) is 0 Å². The van der Waals surface area contributed by atoms with E-state index in [0.717, 1.165) is 12.8 Å². The van der Waals surface area contributed by atoms with Gasteiger partial charge in [-0.3, -0.25) is 4.98 Å². The third kappa shape index (κ3) is 3.31. The van der Waals surface area contributed by atoms with Crippen LogP contribution in [0.3, 0.4) is 0 Å². The van der Waals surface area contributed by atoms with Crippen LogP contribution in [0.2, 0.25) is 0 Å². The molecule has 19 heavy (non-hydrogen) atoms. The molecule has 0 aliphatic heterocycles. The van der Waals surface area contributed by atoms with E-state index in [1.807, 2.05) is 19.4 Å². The smallest absolute Gasteiger partial charge is 0.0543 e. The van der Waals surface area contributed by atoms with Crippen molar-refractivity contribution in [3.8, 4) is 0 Å². The Balaban J connectivity index is 2.25. The van der Waals surface area contributed by atoms with Gasteiger partial charge < -0.3 is 10.1 Å². The van der Waals surface area contributed by atoms with Gasteiger partial charge >= 0.3 is 0 Å². The maximum Gasteiger partial charge on any atom is 0.0543 e. The summed E-state index contributed by atoms with van der Waals surface area (Å²) in [6.45, 7) is 2.11. The van der Waals surface area contributed by atoms with Crippen LogP contribution in [0.25, 0.3) is 10.8 Å². The molecular formula is C16H22N2O. The fraction of sp³-hybridized carbons (Fsp3) is 0.438. The van der Waals surface area contributed by atoms with Gasteiger partial charge in [0.1, 0.15) is 0 Å². The second-order valence-corrected chi connectivity index (χ2v) is 4.91. The van der Waals surface area contributed by atoms with Gasteiger partial charge in [-0.15, -0.1) is 0 Å². The van der Waals surface area contributed by atoms with Crippen molar-refractivity contribution >= 4 is 10.8 Å². The van der Waals surface area contributed by atoms with E-state index >= 15 is 0 Å². The first-order valence-corrected chi connectivity index (χ1v) is 6.79. The fourth-order valence-corrected chi connectivity index (χ4v) is 2.39. The van der Waals surface area contributed by atoms with E-state index in [2.05, 4.69) is 41.5 Å². The second-order valence-electron chi connectivity index (χ2n) is 4.91. The zero-order valence-electron chi connectivity index (χ0n) is 11.9. The topological polar surface area (TPSA) is 34.1 Å². The Bertz CT molecular complexity index is 522. The number of nitrogens with zero attached hydrogens (tertiary/aromatic N) is 1. The molecule has 3 nitrogen and oxygen atoms in total. The molecule has 102 valence electrons. The third-order valence-electron chi connectivity index (χ3n) is 3.69. The van der Waals surface area contributed by atoms with Crippen molar-refractivity contribution in [1.29, 1.82) is 0 Å². The monoisotopic (exact) mass is 258 g/mol. The fourth-order valence-electron chi connectivity index (χ4n) is 2.39. The van der Waals surface area contributed by atoms with Gasteiger partial charge in [0.15, 0.2) is 0 Å². The maximum absolute atomic E-state index is 5.33. The van der Waals surface area contributed by atoms with E-state index in [0.29, 0.717) is 12.1 Å². The lowest BCUT2D eigenvalue weighted by Crippen LogP contribution is -2.19. The summed E-state index contributed by atoms with van der Waals surface area (Å²) < 4.78 is 5.33. The minimum Gasteiger partial charge on any atom is -0.382 e. The number of rotatable bonds is 6. The molecule has 0 spiro atoms. The Morgan fingerprint density at radius 2 is 2.00 bits per heavy atom. The average Bonchev–Trinajstić information content (AvgIpc) is 2.47. The summed E-state index contributed by atoms with van der Waals surface area (Å²) in [4.78, 5) is 4.36. The molecular weight excluding hydrogens is 236 g/mol. The number of methoxy groups -OCH3 is 1. The molecule has 0 fully saturated rings. The van der Waals surface area contributed by atoms with Crippen LogP contribution < -0.4 is 5.32 Å². The van der Waals surface area contributed by atoms with E-state index in [1.54, 1.807) is 7.11 Å². The largest absolute Gasteiger partial charge is 0.382 e. The third-order valence-corrected chi connectivity index (χ3v) is 3.69. The molecule has 0 amide bonds. The van der Waals surface area contributed by atoms with Gasteiger partial charge in [0.2, 0.25) is 0 Å². The highest BCUT2D eigenvalue weighted by molar-refractivity contribution is 5.85. The first kappa shape index (κ1) is 14.0. The minimum absolute atomic E-state index is 0.291. The normalized spacial score (nSPS) is 14.5. The highest BCUT2D eigenvalue weighted by Crippen LogP contribution is 2.26. The molecule has 0 saturated carbocycles. The summed E-state index contributed by atoms with van der Waals surface area (Å²) in [5.74, 6) is 0. The Morgan fingerprint density at radius 3 is 2.74 bits per heavy atom. The molecule has 1 heterocycles. The Morgan fingerprint density at radius 1 is 1.21 bits per heavy atom. The molecule has 2 atom stereocenters. The zero-order valence-corrected chi connectivity index (χ0v) is 11.9. The molecule has 0 aliphatic rings. The molecule has 0 bridgehead atoms. The van der Waals surface area contributed by atoms with Gasteiger partial charge in [0.25, 0.3) is 0 Å². The van der Waals surface area contributed by atoms with Crippen LogP contribution in [-0.2, 0) is 4.74 Å². The second kappa shape index (κ2) is 6.64. The number of ether oxygens (including phenoxy) is 1. The van der Waals surface area contributed by atoms with Crippen LogP contribution in [0.4, 0.5) is 0 Å². The van der Waals surface area contributed by atoms with Crippen LogP contribution in [0, 0.1) is 0 Å². The molecule has 1 aromatic carbocycles. The van der Waals surface area contributed by atoms with Crippen molar-refractivity contribution < 1.29 is 4.74 Å². The lowest BCUT2D eigenvalue weighted by atomic mass is 9.97. The Hall–Kier alpha value is -1.45. The summed E-state index contributed by atoms with van der Waals surface area (Å²) in [5.41, 5.74) is 1.27. The molecule has 2 aromatic rings. The first-order valence-electron chi connectivity index (χ1n) is 6.79. The van der Waals surface area contributed by atoms with Crippen LogP contribution >= 0.6 is 0 Å². The van der Waals surface area contributed by atoms with E-state index < -0.39 is 0 Å². The van der Waals surface area contributed by atoms with Crippen molar-refractivity contribution in [2.75, 3.05) is 14.2 Å². The summed E-state index contributed by atoms with van der Waals surface area (Å²) in [5, 5.41) is 5.87. The highest BCUT2D eigenvalue weighted by atomic mass is 16.5. The standard InChI is InChI=1S/C16H22N2O/c1-12(19-3)8-9-16(17-2)15-11-18-10-13-6-4-5-7-14(13)15/h4-7,10-12,16-17H,8-9H2,1-3H3. The number of benzene rings is 1. The zero-order chi connectivity index (χ0) is 13.7. The van der Waals surface area contributed by atoms with Crippen LogP contribution in [-0.4, -0.2) is 25.2 Å². The van der Waals surface area contributed by atoms with E-state index in [9.17, 15) is 0 Å². The molecule has 0 radical (unpaired) electrons. The Labute approximate surface area is 115 Å². The molecule has 3 heteroatoms. The molecule has 0 aliphatic carbocycles. The van der Waals surface area contributed by atoms with Gasteiger partial charge in [-0.25, -0.2) is 0 Å². The molecule has 2 rings (SSSR count). The molecule has 1 N–H and O–H groups in total. The number of pyridine rings is 1. The minimum atomic E-state index is 0.291. The number of hydrogen-bond acceptors (Lipinski definition) is 3. The lowest BCUT2D eigenvalue weighted by molar-refractivity contribution is 0.106. The molecule has 0 saturated heterocycles. The van der Waals surface area contributed by atoms with Crippen LogP contribution in [0.15, 0.2) is 36.7 Å². The lowest BCUT2D eigenvalue weighted by Gasteiger charge is -2.20. The molecule has 2 unspecified atom stereocenters. The van der Waals surface area contributed by atoms with Crippen LogP contribution in [0.1, 0.15) is 31.4 Å². The van der Waals surface area contributed by atoms with Gasteiger partial charge in [-0.1, -0.05) is 24.3 Å². The SMILES string of the molecule is CNC(CCC(C)OC)c1cncc2ccccc12. The van der Waals surface area contributed by atoms with Crippen molar-refractivity contribution in [2.24, 2.45) is 0 Å². The van der Waals surface area contributed by atoms with Crippen LogP contribution in [0.5, 0.6) is 0 Å². The maximum atomic E-state index is 5.33. The summed E-state index contributed by atoms with van der Waals surface area (Å²) in [6, 6.07) is 8.72. The quantitative estimate of drug-likeness (QED) is 0.863. The van der Waals surface area contributed by atoms with Crippen molar-refractivity contribution in [3.05, 3.63) is 42.2 Å². The van der Waals surface area contributed by atoms with Crippen molar-refractivity contribution in [3.63, 3.8) is 0 Å². The molecule has 1 aromatic heterocycles. The predicted octanol–water partition coefficient (Wildman–Crippen LogP) is 3.31. The number of hydrogen-bond donors (Lipinski definition) is 1. The van der Waals surface area contributed by atoms with Gasteiger partial charge in [-0.05, 0) is 37.8 Å². The highest BCUT2D eigenvalue weighted by Gasteiger charge is 2.14. The van der Waals surface area contributed by atoms with Gasteiger partial charge in [0, 0.05) is 30.9 Å².